The summed E-state index contributed by atoms with van der Waals surface area (Å²) in [7, 11) is 3.94. The quantitative estimate of drug-likeness (QED) is 0.549. The Kier molecular flexibility index (Phi) is 6.26. The molecular weight excluding hydrogens is 460 g/mol. The smallest absolute Gasteiger partial charge is 0.227 e. The van der Waals surface area contributed by atoms with E-state index in [4.69, 9.17) is 4.74 Å². The Balaban J connectivity index is 1.14. The average Bonchev–Trinajstić information content (AvgIpc) is 2.95. The van der Waals surface area contributed by atoms with Gasteiger partial charge in [0.25, 0.3) is 0 Å². The van der Waals surface area contributed by atoms with E-state index in [2.05, 4.69) is 64.2 Å². The predicted octanol–water partition coefficient (Wildman–Crippen LogP) is 4.10. The summed E-state index contributed by atoms with van der Waals surface area (Å²) in [4.78, 5) is 20.6. The van der Waals surface area contributed by atoms with Crippen LogP contribution in [0.15, 0.2) is 54.6 Å². The molecule has 0 saturated carbocycles. The van der Waals surface area contributed by atoms with Crippen molar-refractivity contribution in [1.82, 2.24) is 9.80 Å². The van der Waals surface area contributed by atoms with Crippen LogP contribution >= 0.6 is 0 Å². The van der Waals surface area contributed by atoms with Gasteiger partial charge in [0.2, 0.25) is 5.91 Å². The second kappa shape index (κ2) is 9.72. The molecule has 6 heteroatoms. The average molecular weight is 495 g/mol. The predicted molar refractivity (Wildman–Crippen MR) is 146 cm³/mol. The summed E-state index contributed by atoms with van der Waals surface area (Å²) in [5.41, 5.74) is 4.55. The summed E-state index contributed by atoms with van der Waals surface area (Å²) < 4.78 is 5.67. The molecule has 3 aromatic rings. The molecule has 0 spiro atoms. The Hall–Kier alpha value is -3.56. The number of piperazine rings is 1. The summed E-state index contributed by atoms with van der Waals surface area (Å²) in [6.07, 6.45) is 2.97. The van der Waals surface area contributed by atoms with Crippen LogP contribution in [0.2, 0.25) is 0 Å². The van der Waals surface area contributed by atoms with Crippen LogP contribution in [0.5, 0.6) is 5.75 Å². The van der Waals surface area contributed by atoms with Crippen LogP contribution in [0.3, 0.4) is 0 Å². The molecule has 0 bridgehead atoms. The third kappa shape index (κ3) is 4.32. The number of likely N-dealkylation sites (tertiary alicyclic amines) is 1. The van der Waals surface area contributed by atoms with E-state index in [9.17, 15) is 10.1 Å². The highest BCUT2D eigenvalue weighted by Crippen LogP contribution is 2.40. The van der Waals surface area contributed by atoms with E-state index in [0.717, 1.165) is 74.2 Å². The lowest BCUT2D eigenvalue weighted by Crippen LogP contribution is -2.56. The number of carbonyl (C=O) groups excluding carboxylic acids is 1. The number of nitriles is 1. The summed E-state index contributed by atoms with van der Waals surface area (Å²) in [6.45, 7) is 3.91. The first-order valence-electron chi connectivity index (χ1n) is 13.4. The molecule has 6 nitrogen and oxygen atoms in total. The molecule has 3 aliphatic rings. The molecule has 3 atom stereocenters. The van der Waals surface area contributed by atoms with Gasteiger partial charge in [0.15, 0.2) is 0 Å². The number of fused-ring (bicyclic) bond motifs is 3. The lowest BCUT2D eigenvalue weighted by molar-refractivity contribution is -0.139. The number of rotatable bonds is 3. The highest BCUT2D eigenvalue weighted by atomic mass is 16.5. The Morgan fingerprint density at radius 1 is 1.03 bits per heavy atom. The summed E-state index contributed by atoms with van der Waals surface area (Å²) in [5, 5.41) is 11.6. The second-order valence-electron chi connectivity index (χ2n) is 10.8. The minimum atomic E-state index is 0.0461. The normalized spacial score (nSPS) is 23.8. The highest BCUT2D eigenvalue weighted by molar-refractivity contribution is 5.95. The van der Waals surface area contributed by atoms with Crippen LogP contribution in [-0.2, 0) is 17.6 Å². The molecule has 190 valence electrons. The van der Waals surface area contributed by atoms with Crippen LogP contribution in [0, 0.1) is 23.2 Å². The molecule has 1 aliphatic carbocycles. The van der Waals surface area contributed by atoms with E-state index in [1.807, 2.05) is 18.2 Å². The van der Waals surface area contributed by atoms with Gasteiger partial charge in [0, 0.05) is 49.8 Å². The zero-order valence-corrected chi connectivity index (χ0v) is 21.7. The number of hydrogen-bond acceptors (Lipinski definition) is 5. The van der Waals surface area contributed by atoms with Crippen molar-refractivity contribution in [3.8, 4) is 11.8 Å². The maximum Gasteiger partial charge on any atom is 0.227 e. The molecule has 3 aromatic carbocycles. The van der Waals surface area contributed by atoms with Crippen LogP contribution in [-0.4, -0.2) is 68.6 Å². The van der Waals surface area contributed by atoms with Crippen molar-refractivity contribution in [3.63, 3.8) is 0 Å². The summed E-state index contributed by atoms with van der Waals surface area (Å²) in [5.74, 6) is 1.81. The summed E-state index contributed by atoms with van der Waals surface area (Å²) in [6, 6.07) is 21.3. The molecule has 0 radical (unpaired) electrons. The Morgan fingerprint density at radius 3 is 2.62 bits per heavy atom. The van der Waals surface area contributed by atoms with Gasteiger partial charge in [-0.1, -0.05) is 30.3 Å². The van der Waals surface area contributed by atoms with Crippen molar-refractivity contribution in [2.75, 3.05) is 51.8 Å². The van der Waals surface area contributed by atoms with E-state index in [-0.39, 0.29) is 5.92 Å². The Labute approximate surface area is 219 Å². The van der Waals surface area contributed by atoms with E-state index < -0.39 is 0 Å². The number of piperidine rings is 1. The topological polar surface area (TPSA) is 59.8 Å². The van der Waals surface area contributed by atoms with E-state index in [1.165, 1.54) is 11.1 Å². The van der Waals surface area contributed by atoms with Crippen LogP contribution in [0.1, 0.15) is 23.1 Å². The molecule has 0 aromatic heterocycles. The van der Waals surface area contributed by atoms with Crippen molar-refractivity contribution < 1.29 is 9.53 Å². The molecule has 2 aliphatic heterocycles. The molecule has 6 rings (SSSR count). The number of ether oxygens (including phenoxy) is 1. The zero-order valence-electron chi connectivity index (χ0n) is 21.7. The number of carbonyl (C=O) groups is 1. The van der Waals surface area contributed by atoms with Crippen molar-refractivity contribution >= 4 is 22.4 Å². The van der Waals surface area contributed by atoms with Gasteiger partial charge in [-0.2, -0.15) is 5.26 Å². The monoisotopic (exact) mass is 494 g/mol. The van der Waals surface area contributed by atoms with Crippen LogP contribution in [0.4, 0.5) is 5.69 Å². The fourth-order valence-electron chi connectivity index (χ4n) is 6.90. The Morgan fingerprint density at radius 2 is 1.84 bits per heavy atom. The van der Waals surface area contributed by atoms with Crippen molar-refractivity contribution in [1.29, 1.82) is 5.26 Å². The van der Waals surface area contributed by atoms with Crippen molar-refractivity contribution in [2.45, 2.75) is 25.3 Å². The fraction of sp³-hybridized carbons (Fsp3) is 0.419. The number of amides is 1. The van der Waals surface area contributed by atoms with Gasteiger partial charge >= 0.3 is 0 Å². The maximum absolute atomic E-state index is 13.7. The highest BCUT2D eigenvalue weighted by Gasteiger charge is 2.41. The molecule has 2 heterocycles. The molecule has 0 N–H and O–H groups in total. The minimum absolute atomic E-state index is 0.0461. The third-order valence-corrected chi connectivity index (χ3v) is 8.82. The third-order valence-electron chi connectivity index (χ3n) is 8.82. The van der Waals surface area contributed by atoms with Crippen molar-refractivity contribution in [2.24, 2.45) is 11.8 Å². The van der Waals surface area contributed by atoms with Gasteiger partial charge in [-0.25, -0.2) is 0 Å². The maximum atomic E-state index is 13.7. The van der Waals surface area contributed by atoms with Gasteiger partial charge in [0.1, 0.15) is 5.75 Å². The first-order chi connectivity index (χ1) is 18.1. The standard InChI is InChI=1S/C31H34N4O2/c1-33-20-25(16-24-17-27-23(18-29(24)33)6-4-8-30(27)37-2)31(36)35-13-11-34(12-14-35)28-7-3-5-22-10-9-21(19-32)15-26(22)28/h3-10,15,24-25,29H,11-14,16-18,20H2,1-2H3/t24-,25-,29-/m1/s1. The Bertz CT molecular complexity index is 1370. The van der Waals surface area contributed by atoms with Gasteiger partial charge in [-0.3, -0.25) is 4.79 Å². The second-order valence-corrected chi connectivity index (χ2v) is 10.8. The molecule has 2 saturated heterocycles. The lowest BCUT2D eigenvalue weighted by Gasteiger charge is -2.47. The van der Waals surface area contributed by atoms with E-state index in [1.54, 1.807) is 7.11 Å². The van der Waals surface area contributed by atoms with Crippen LogP contribution < -0.4 is 9.64 Å². The summed E-state index contributed by atoms with van der Waals surface area (Å²) >= 11 is 0. The fourth-order valence-corrected chi connectivity index (χ4v) is 6.90. The van der Waals surface area contributed by atoms with E-state index in [0.29, 0.717) is 23.4 Å². The zero-order chi connectivity index (χ0) is 25.5. The first kappa shape index (κ1) is 23.8. The molecular formula is C31H34N4O2. The van der Waals surface area contributed by atoms with E-state index >= 15 is 0 Å². The van der Waals surface area contributed by atoms with Gasteiger partial charge < -0.3 is 19.4 Å². The first-order valence-corrected chi connectivity index (χ1v) is 13.4. The largest absolute Gasteiger partial charge is 0.496 e. The number of anilines is 1. The molecule has 1 amide bonds. The molecule has 37 heavy (non-hydrogen) atoms. The number of hydrogen-bond donors (Lipinski definition) is 0. The van der Waals surface area contributed by atoms with Crippen molar-refractivity contribution in [3.05, 3.63) is 71.3 Å². The van der Waals surface area contributed by atoms with Gasteiger partial charge in [0.05, 0.1) is 24.7 Å². The number of benzene rings is 3. The number of likely N-dealkylation sites (N-methyl/N-ethyl adjacent to an activating group) is 1. The van der Waals surface area contributed by atoms with Crippen LogP contribution in [0.25, 0.3) is 10.8 Å². The number of methoxy groups -OCH3 is 1. The minimum Gasteiger partial charge on any atom is -0.496 e. The van der Waals surface area contributed by atoms with Gasteiger partial charge in [-0.15, -0.1) is 0 Å². The molecule has 0 unspecified atom stereocenters. The molecule has 2 fully saturated rings. The SMILES string of the molecule is COc1cccc2c1C[C@H]1C[C@@H](C(=O)N3CCN(c4cccc5ccc(C#N)cc45)CC3)CN(C)[C@@H]1C2. The lowest BCUT2D eigenvalue weighted by atomic mass is 9.72. The van der Waals surface area contributed by atoms with Gasteiger partial charge in [-0.05, 0) is 73.0 Å². The number of nitrogens with zero attached hydrogens (tertiary/aromatic N) is 4.